The molecule has 3 fully saturated rings. The van der Waals surface area contributed by atoms with Crippen molar-refractivity contribution < 1.29 is 23.6 Å². The molecule has 162 valence electrons. The molecule has 1 spiro atoms. The van der Waals surface area contributed by atoms with E-state index in [1.165, 1.54) is 25.1 Å². The zero-order valence-corrected chi connectivity index (χ0v) is 17.3. The van der Waals surface area contributed by atoms with Crippen molar-refractivity contribution in [2.75, 3.05) is 16.8 Å². The third kappa shape index (κ3) is 2.17. The highest BCUT2D eigenvalue weighted by Gasteiger charge is 2.74. The molecule has 0 bridgehead atoms. The van der Waals surface area contributed by atoms with Gasteiger partial charge in [-0.15, -0.1) is 0 Å². The monoisotopic (exact) mass is 433 g/mol. The molecule has 1 N–H and O–H groups in total. The summed E-state index contributed by atoms with van der Waals surface area (Å²) in [6.07, 6.45) is 1.49. The summed E-state index contributed by atoms with van der Waals surface area (Å²) in [6.45, 7) is 2.01. The third-order valence-electron chi connectivity index (χ3n) is 7.49. The van der Waals surface area contributed by atoms with Crippen LogP contribution in [-0.4, -0.2) is 41.0 Å². The Balaban J connectivity index is 1.51. The lowest BCUT2D eigenvalue weighted by Crippen LogP contribution is -2.54. The van der Waals surface area contributed by atoms with E-state index in [4.69, 9.17) is 0 Å². The van der Waals surface area contributed by atoms with Gasteiger partial charge in [0, 0.05) is 22.9 Å². The smallest absolute Gasteiger partial charge is 0.250 e. The van der Waals surface area contributed by atoms with Gasteiger partial charge in [-0.25, -0.2) is 9.29 Å². The second-order valence-corrected chi connectivity index (χ2v) is 8.93. The van der Waals surface area contributed by atoms with Gasteiger partial charge in [0.2, 0.25) is 17.7 Å². The lowest BCUT2D eigenvalue weighted by Gasteiger charge is -2.36. The summed E-state index contributed by atoms with van der Waals surface area (Å²) in [6, 6.07) is 10.1. The Kier molecular flexibility index (Phi) is 3.81. The second kappa shape index (κ2) is 6.32. The quantitative estimate of drug-likeness (QED) is 0.581. The summed E-state index contributed by atoms with van der Waals surface area (Å²) >= 11 is 0. The van der Waals surface area contributed by atoms with E-state index in [1.807, 2.05) is 4.90 Å². The van der Waals surface area contributed by atoms with Crippen molar-refractivity contribution in [3.8, 4) is 0 Å². The van der Waals surface area contributed by atoms with Gasteiger partial charge in [0.1, 0.15) is 11.4 Å². The molecule has 8 heteroatoms. The number of halogens is 1. The van der Waals surface area contributed by atoms with Crippen LogP contribution in [0.1, 0.15) is 35.7 Å². The van der Waals surface area contributed by atoms with Crippen molar-refractivity contribution in [2.24, 2.45) is 11.8 Å². The fourth-order valence-corrected chi connectivity index (χ4v) is 6.27. The summed E-state index contributed by atoms with van der Waals surface area (Å²) in [5.74, 6) is -3.42. The van der Waals surface area contributed by atoms with Crippen LogP contribution in [0.2, 0.25) is 0 Å². The number of amides is 3. The van der Waals surface area contributed by atoms with E-state index >= 15 is 0 Å². The van der Waals surface area contributed by atoms with Crippen LogP contribution in [-0.2, 0) is 19.9 Å². The highest BCUT2D eigenvalue weighted by atomic mass is 19.1. The zero-order valence-electron chi connectivity index (χ0n) is 17.3. The summed E-state index contributed by atoms with van der Waals surface area (Å²) < 4.78 is 14.3. The molecule has 0 saturated carbocycles. The number of hydrogen-bond donors (Lipinski definition) is 1. The average molecular weight is 433 g/mol. The first kappa shape index (κ1) is 19.3. The predicted octanol–water partition coefficient (Wildman–Crippen LogP) is 2.46. The van der Waals surface area contributed by atoms with Gasteiger partial charge in [0.15, 0.2) is 5.78 Å². The molecule has 0 aromatic heterocycles. The summed E-state index contributed by atoms with van der Waals surface area (Å²) in [5.41, 5.74) is 0.358. The number of benzene rings is 2. The number of nitrogens with zero attached hydrogens (tertiary/aromatic N) is 2. The molecule has 2 aromatic carbocycles. The largest absolute Gasteiger partial charge is 0.324 e. The van der Waals surface area contributed by atoms with Crippen LogP contribution < -0.4 is 10.2 Å². The maximum Gasteiger partial charge on any atom is 0.250 e. The molecule has 7 nitrogen and oxygen atoms in total. The fraction of sp³-hybridized carbons (Fsp3) is 0.333. The van der Waals surface area contributed by atoms with Crippen LogP contribution in [0.3, 0.4) is 0 Å². The van der Waals surface area contributed by atoms with Crippen LogP contribution in [0.4, 0.5) is 15.8 Å². The van der Waals surface area contributed by atoms with Crippen LogP contribution in [0, 0.1) is 17.7 Å². The third-order valence-corrected chi connectivity index (χ3v) is 7.49. The number of rotatable bonds is 2. The van der Waals surface area contributed by atoms with Crippen molar-refractivity contribution in [2.45, 2.75) is 31.3 Å². The molecule has 4 heterocycles. The van der Waals surface area contributed by atoms with E-state index in [-0.39, 0.29) is 23.6 Å². The number of carbonyl (C=O) groups is 4. The van der Waals surface area contributed by atoms with Gasteiger partial charge in [-0.1, -0.05) is 0 Å². The molecule has 0 unspecified atom stereocenters. The highest BCUT2D eigenvalue weighted by molar-refractivity contribution is 6.26. The molecule has 4 aliphatic rings. The molecule has 3 amide bonds. The predicted molar refractivity (Wildman–Crippen MR) is 112 cm³/mol. The molecular formula is C24H20FN3O4. The van der Waals surface area contributed by atoms with E-state index in [2.05, 4.69) is 5.32 Å². The first-order chi connectivity index (χ1) is 15.4. The molecule has 3 saturated heterocycles. The minimum absolute atomic E-state index is 0.116. The Morgan fingerprint density at radius 3 is 2.56 bits per heavy atom. The number of Topliss-reactive ketones (excluding diaryl/α,β-unsaturated/α-hetero) is 1. The van der Waals surface area contributed by atoms with Crippen molar-refractivity contribution in [1.29, 1.82) is 0 Å². The van der Waals surface area contributed by atoms with Crippen LogP contribution in [0.25, 0.3) is 0 Å². The summed E-state index contributed by atoms with van der Waals surface area (Å²) in [7, 11) is 0. The number of ketones is 1. The van der Waals surface area contributed by atoms with Gasteiger partial charge in [-0.05, 0) is 68.8 Å². The Morgan fingerprint density at radius 2 is 1.84 bits per heavy atom. The number of hydrogen-bond acceptors (Lipinski definition) is 5. The van der Waals surface area contributed by atoms with Gasteiger partial charge >= 0.3 is 0 Å². The minimum Gasteiger partial charge on any atom is -0.324 e. The number of nitrogens with one attached hydrogen (secondary N) is 1. The molecule has 0 radical (unpaired) electrons. The first-order valence-corrected chi connectivity index (χ1v) is 10.7. The Hall–Kier alpha value is -3.39. The van der Waals surface area contributed by atoms with Gasteiger partial charge in [0.05, 0.1) is 17.5 Å². The topological polar surface area (TPSA) is 86.8 Å². The highest BCUT2D eigenvalue weighted by Crippen LogP contribution is 2.60. The van der Waals surface area contributed by atoms with Crippen molar-refractivity contribution in [3.63, 3.8) is 0 Å². The summed E-state index contributed by atoms with van der Waals surface area (Å²) in [4.78, 5) is 55.6. The fourth-order valence-electron chi connectivity index (χ4n) is 6.27. The first-order valence-electron chi connectivity index (χ1n) is 10.7. The Labute approximate surface area is 183 Å². The van der Waals surface area contributed by atoms with Crippen molar-refractivity contribution in [1.82, 2.24) is 4.90 Å². The number of anilines is 2. The van der Waals surface area contributed by atoms with E-state index in [0.717, 1.165) is 11.3 Å². The van der Waals surface area contributed by atoms with Gasteiger partial charge in [-0.3, -0.25) is 24.1 Å². The van der Waals surface area contributed by atoms with Crippen LogP contribution in [0.15, 0.2) is 42.5 Å². The average Bonchev–Trinajstić information content (AvgIpc) is 3.47. The lowest BCUT2D eigenvalue weighted by molar-refractivity contribution is -0.135. The van der Waals surface area contributed by atoms with E-state index in [0.29, 0.717) is 35.5 Å². The van der Waals surface area contributed by atoms with Crippen LogP contribution in [0.5, 0.6) is 0 Å². The number of fused-ring (bicyclic) bond motifs is 7. The molecule has 0 aliphatic carbocycles. The van der Waals surface area contributed by atoms with E-state index in [9.17, 15) is 23.6 Å². The Morgan fingerprint density at radius 1 is 1.09 bits per heavy atom. The number of carbonyl (C=O) groups excluding carboxylic acids is 4. The summed E-state index contributed by atoms with van der Waals surface area (Å²) in [5, 5.41) is 2.83. The maximum absolute atomic E-state index is 14.3. The van der Waals surface area contributed by atoms with E-state index in [1.54, 1.807) is 24.3 Å². The second-order valence-electron chi connectivity index (χ2n) is 8.93. The molecular weight excluding hydrogens is 413 g/mol. The van der Waals surface area contributed by atoms with Crippen LogP contribution >= 0.6 is 0 Å². The normalized spacial score (nSPS) is 30.6. The standard InChI is InChI=1S/C24H20FN3O4/c1-12(29)13-4-7-15(8-5-13)28-21(30)19-18-3-2-10-27(18)24(20(19)22(28)31)16-11-14(25)6-9-17(16)26-23(24)32/h4-9,11,18-20H,2-3,10H2,1H3,(H,26,32)/t18-,19+,20-,24-/m0/s1. The molecule has 2 aromatic rings. The molecule has 32 heavy (non-hydrogen) atoms. The minimum atomic E-state index is -1.40. The van der Waals surface area contributed by atoms with Gasteiger partial charge < -0.3 is 5.32 Å². The van der Waals surface area contributed by atoms with Gasteiger partial charge in [-0.2, -0.15) is 0 Å². The van der Waals surface area contributed by atoms with E-state index < -0.39 is 29.1 Å². The molecule has 4 aliphatic heterocycles. The number of imide groups is 1. The Bertz CT molecular complexity index is 1230. The maximum atomic E-state index is 14.3. The van der Waals surface area contributed by atoms with Crippen molar-refractivity contribution >= 4 is 34.9 Å². The molecule has 6 rings (SSSR count). The zero-order chi connectivity index (χ0) is 22.4. The molecule has 4 atom stereocenters. The van der Waals surface area contributed by atoms with Gasteiger partial charge in [0.25, 0.3) is 0 Å². The van der Waals surface area contributed by atoms with Crippen molar-refractivity contribution in [3.05, 3.63) is 59.4 Å². The SMILES string of the molecule is CC(=O)c1ccc(N2C(=O)[C@H]3[C@@H](C2=O)[C@@]2(C(=O)Nc4ccc(F)cc42)N2CCC[C@@H]32)cc1. The lowest BCUT2D eigenvalue weighted by atomic mass is 9.75.